The summed E-state index contributed by atoms with van der Waals surface area (Å²) in [6, 6.07) is 13.8. The van der Waals surface area contributed by atoms with Crippen molar-refractivity contribution in [3.63, 3.8) is 0 Å². The number of thioether (sulfide) groups is 1. The minimum Gasteiger partial charge on any atom is -0.407 e. The number of benzene rings is 2. The molecule has 0 spiro atoms. The molecule has 1 amide bonds. The lowest BCUT2D eigenvalue weighted by atomic mass is 10.1. The fourth-order valence-electron chi connectivity index (χ4n) is 2.53. The highest BCUT2D eigenvalue weighted by Gasteiger charge is 2.19. The van der Waals surface area contributed by atoms with E-state index in [0.717, 1.165) is 10.5 Å². The third-order valence-corrected chi connectivity index (χ3v) is 7.18. The number of carbonyl (C=O) groups is 1. The van der Waals surface area contributed by atoms with E-state index in [9.17, 15) is 13.2 Å². The molecule has 152 valence electrons. The number of nitrogens with one attached hydrogen (secondary N) is 1. The molecular formula is C20H21N3O4S2. The average molecular weight is 432 g/mol. The first kappa shape index (κ1) is 21.1. The van der Waals surface area contributed by atoms with Gasteiger partial charge >= 0.3 is 6.01 Å². The van der Waals surface area contributed by atoms with Crippen molar-refractivity contribution >= 4 is 33.5 Å². The zero-order valence-electron chi connectivity index (χ0n) is 16.2. The van der Waals surface area contributed by atoms with Crippen molar-refractivity contribution in [2.45, 2.75) is 35.3 Å². The first-order chi connectivity index (χ1) is 13.8. The molecule has 1 heterocycles. The molecule has 0 aliphatic heterocycles. The molecule has 0 aliphatic rings. The summed E-state index contributed by atoms with van der Waals surface area (Å²) < 4.78 is 29.8. The van der Waals surface area contributed by atoms with Crippen molar-refractivity contribution in [1.82, 2.24) is 10.2 Å². The van der Waals surface area contributed by atoms with Gasteiger partial charge in [0.15, 0.2) is 9.84 Å². The molecule has 0 radical (unpaired) electrons. The molecule has 0 fully saturated rings. The van der Waals surface area contributed by atoms with Gasteiger partial charge in [-0.15, -0.1) is 16.9 Å². The maximum absolute atomic E-state index is 12.3. The molecule has 7 nitrogen and oxygen atoms in total. The SMILES string of the molecule is CSc1ccc(C(=O)Nc2nnc(Cc3ccc(S(=O)(=O)C(C)C)cc3)o2)cc1. The molecule has 0 unspecified atom stereocenters. The fourth-order valence-corrected chi connectivity index (χ4v) is 4.00. The van der Waals surface area contributed by atoms with E-state index in [1.54, 1.807) is 62.0 Å². The molecule has 0 saturated heterocycles. The smallest absolute Gasteiger partial charge is 0.322 e. The molecule has 9 heteroatoms. The number of amides is 1. The number of hydrogen-bond acceptors (Lipinski definition) is 7. The maximum Gasteiger partial charge on any atom is 0.322 e. The molecule has 0 aliphatic carbocycles. The van der Waals surface area contributed by atoms with Crippen molar-refractivity contribution in [1.29, 1.82) is 0 Å². The second-order valence-electron chi connectivity index (χ2n) is 6.60. The summed E-state index contributed by atoms with van der Waals surface area (Å²) in [5, 5.41) is 9.87. The van der Waals surface area contributed by atoms with Crippen molar-refractivity contribution in [2.75, 3.05) is 11.6 Å². The first-order valence-corrected chi connectivity index (χ1v) is 11.7. The van der Waals surface area contributed by atoms with Gasteiger partial charge in [-0.25, -0.2) is 8.42 Å². The molecule has 0 saturated carbocycles. The number of carbonyl (C=O) groups excluding carboxylic acids is 1. The maximum atomic E-state index is 12.3. The van der Waals surface area contributed by atoms with Crippen LogP contribution < -0.4 is 5.32 Å². The molecule has 29 heavy (non-hydrogen) atoms. The third-order valence-electron chi connectivity index (χ3n) is 4.27. The fraction of sp³-hybridized carbons (Fsp3) is 0.250. The molecule has 0 atom stereocenters. The van der Waals surface area contributed by atoms with E-state index < -0.39 is 15.1 Å². The summed E-state index contributed by atoms with van der Waals surface area (Å²) in [5.74, 6) is -0.0198. The number of sulfone groups is 1. The number of aromatic nitrogens is 2. The van der Waals surface area contributed by atoms with Gasteiger partial charge in [-0.05, 0) is 62.1 Å². The monoisotopic (exact) mass is 431 g/mol. The van der Waals surface area contributed by atoms with Crippen LogP contribution in [0.25, 0.3) is 0 Å². The van der Waals surface area contributed by atoms with Crippen molar-refractivity contribution in [3.8, 4) is 0 Å². The lowest BCUT2D eigenvalue weighted by Crippen LogP contribution is -2.13. The Kier molecular flexibility index (Phi) is 6.39. The van der Waals surface area contributed by atoms with Gasteiger partial charge in [0.05, 0.1) is 16.6 Å². The van der Waals surface area contributed by atoms with Crippen LogP contribution in [0.4, 0.5) is 6.01 Å². The Morgan fingerprint density at radius 1 is 1.07 bits per heavy atom. The van der Waals surface area contributed by atoms with Crippen molar-refractivity contribution < 1.29 is 17.6 Å². The van der Waals surface area contributed by atoms with E-state index in [-0.39, 0.29) is 16.8 Å². The first-order valence-electron chi connectivity index (χ1n) is 8.90. The molecule has 2 aromatic carbocycles. The van der Waals surface area contributed by atoms with Gasteiger partial charge in [0.2, 0.25) is 5.89 Å². The Morgan fingerprint density at radius 2 is 1.72 bits per heavy atom. The molecular weight excluding hydrogens is 410 g/mol. The largest absolute Gasteiger partial charge is 0.407 e. The highest BCUT2D eigenvalue weighted by molar-refractivity contribution is 7.98. The predicted molar refractivity (Wildman–Crippen MR) is 112 cm³/mol. The van der Waals surface area contributed by atoms with E-state index >= 15 is 0 Å². The van der Waals surface area contributed by atoms with Crippen LogP contribution in [0.2, 0.25) is 0 Å². The Labute approximate surface area is 173 Å². The summed E-state index contributed by atoms with van der Waals surface area (Å²) in [5.41, 5.74) is 1.31. The Morgan fingerprint density at radius 3 is 2.31 bits per heavy atom. The Hall–Kier alpha value is -2.65. The van der Waals surface area contributed by atoms with Gasteiger partial charge in [-0.2, -0.15) is 0 Å². The van der Waals surface area contributed by atoms with Gasteiger partial charge in [-0.3, -0.25) is 10.1 Å². The molecule has 0 bridgehead atoms. The summed E-state index contributed by atoms with van der Waals surface area (Å²) >= 11 is 1.59. The van der Waals surface area contributed by atoms with Crippen LogP contribution >= 0.6 is 11.8 Å². The second kappa shape index (κ2) is 8.79. The number of nitrogens with zero attached hydrogens (tertiary/aromatic N) is 2. The van der Waals surface area contributed by atoms with Crippen LogP contribution in [0.3, 0.4) is 0 Å². The molecule has 3 rings (SSSR count). The summed E-state index contributed by atoms with van der Waals surface area (Å²) in [6.45, 7) is 3.29. The summed E-state index contributed by atoms with van der Waals surface area (Å²) in [7, 11) is -3.31. The highest BCUT2D eigenvalue weighted by Crippen LogP contribution is 2.19. The molecule has 1 aromatic heterocycles. The average Bonchev–Trinajstić information content (AvgIpc) is 3.15. The van der Waals surface area contributed by atoms with Crippen LogP contribution in [-0.4, -0.2) is 36.0 Å². The zero-order chi connectivity index (χ0) is 21.0. The standard InChI is InChI=1S/C20H21N3O4S2/c1-13(2)29(25,26)17-10-4-14(5-11-17)12-18-22-23-20(27-18)21-19(24)15-6-8-16(28-3)9-7-15/h4-11,13H,12H2,1-3H3,(H,21,23,24). The van der Waals surface area contributed by atoms with Crippen LogP contribution in [0.1, 0.15) is 35.7 Å². The topological polar surface area (TPSA) is 102 Å². The van der Waals surface area contributed by atoms with Gasteiger partial charge in [0.25, 0.3) is 5.91 Å². The van der Waals surface area contributed by atoms with E-state index in [1.165, 1.54) is 0 Å². The van der Waals surface area contributed by atoms with E-state index in [1.807, 2.05) is 18.4 Å². The van der Waals surface area contributed by atoms with Crippen LogP contribution in [0, 0.1) is 0 Å². The molecule has 1 N–H and O–H groups in total. The van der Waals surface area contributed by atoms with E-state index in [2.05, 4.69) is 15.5 Å². The number of anilines is 1. The van der Waals surface area contributed by atoms with Crippen LogP contribution in [0.15, 0.2) is 62.7 Å². The Bertz CT molecular complexity index is 1090. The summed E-state index contributed by atoms with van der Waals surface area (Å²) in [4.78, 5) is 13.6. The quantitative estimate of drug-likeness (QED) is 0.567. The van der Waals surface area contributed by atoms with Crippen LogP contribution in [0.5, 0.6) is 0 Å². The second-order valence-corrected chi connectivity index (χ2v) is 9.98. The van der Waals surface area contributed by atoms with Crippen LogP contribution in [-0.2, 0) is 16.3 Å². The lowest BCUT2D eigenvalue weighted by molar-refractivity contribution is 0.102. The number of rotatable bonds is 7. The summed E-state index contributed by atoms with van der Waals surface area (Å²) in [6.07, 6.45) is 2.29. The van der Waals surface area contributed by atoms with Gasteiger partial charge in [0, 0.05) is 10.5 Å². The number of hydrogen-bond donors (Lipinski definition) is 1. The van der Waals surface area contributed by atoms with Crippen molar-refractivity contribution in [2.24, 2.45) is 0 Å². The predicted octanol–water partition coefficient (Wildman–Crippen LogP) is 3.82. The normalized spacial score (nSPS) is 11.6. The molecule has 3 aromatic rings. The third kappa shape index (κ3) is 5.04. The van der Waals surface area contributed by atoms with E-state index in [0.29, 0.717) is 17.9 Å². The van der Waals surface area contributed by atoms with Crippen molar-refractivity contribution in [3.05, 3.63) is 65.5 Å². The lowest BCUT2D eigenvalue weighted by Gasteiger charge is -2.08. The Balaban J connectivity index is 1.65. The minimum absolute atomic E-state index is 0.0120. The highest BCUT2D eigenvalue weighted by atomic mass is 32.2. The van der Waals surface area contributed by atoms with Gasteiger partial charge in [-0.1, -0.05) is 17.2 Å². The van der Waals surface area contributed by atoms with E-state index in [4.69, 9.17) is 4.42 Å². The van der Waals surface area contributed by atoms with Gasteiger partial charge in [0.1, 0.15) is 0 Å². The minimum atomic E-state index is -3.31. The van der Waals surface area contributed by atoms with Gasteiger partial charge < -0.3 is 4.42 Å². The zero-order valence-corrected chi connectivity index (χ0v) is 17.9.